The van der Waals surface area contributed by atoms with Crippen LogP contribution < -0.4 is 5.32 Å². The van der Waals surface area contributed by atoms with Crippen LogP contribution in [0, 0.1) is 0 Å². The lowest BCUT2D eigenvalue weighted by atomic mass is 10.0. The van der Waals surface area contributed by atoms with Crippen molar-refractivity contribution < 1.29 is 0 Å². The Kier molecular flexibility index (Phi) is 2.46. The molecule has 0 bridgehead atoms. The van der Waals surface area contributed by atoms with Crippen molar-refractivity contribution in [2.75, 3.05) is 19.6 Å². The Morgan fingerprint density at radius 3 is 3.00 bits per heavy atom. The normalized spacial score (nSPS) is 24.0. The molecule has 3 heterocycles. The molecule has 0 radical (unpaired) electrons. The molecule has 0 spiro atoms. The Hall–Kier alpha value is -0.870. The molecule has 0 aliphatic carbocycles. The van der Waals surface area contributed by atoms with Gasteiger partial charge in [-0.2, -0.15) is 0 Å². The predicted molar refractivity (Wildman–Crippen MR) is 58.5 cm³/mol. The molecule has 2 aliphatic rings. The summed E-state index contributed by atoms with van der Waals surface area (Å²) in [5.74, 6) is 1.24. The molecular formula is C11H18N4. The molecule has 2 aliphatic heterocycles. The SMILES string of the molecule is c1cn2c(n1)CN(C1CCNCC1)CC2. The van der Waals surface area contributed by atoms with Crippen LogP contribution in [0.25, 0.3) is 0 Å². The largest absolute Gasteiger partial charge is 0.333 e. The smallest absolute Gasteiger partial charge is 0.122 e. The van der Waals surface area contributed by atoms with Gasteiger partial charge in [0.1, 0.15) is 5.82 Å². The summed E-state index contributed by atoms with van der Waals surface area (Å²) in [6.45, 7) is 5.69. The molecule has 0 unspecified atom stereocenters. The van der Waals surface area contributed by atoms with Crippen LogP contribution in [0.4, 0.5) is 0 Å². The first-order chi connectivity index (χ1) is 7.43. The Morgan fingerprint density at radius 2 is 2.13 bits per heavy atom. The Bertz CT molecular complexity index is 327. The second-order valence-electron chi connectivity index (χ2n) is 4.49. The van der Waals surface area contributed by atoms with Gasteiger partial charge in [0.05, 0.1) is 6.54 Å². The monoisotopic (exact) mass is 206 g/mol. The maximum absolute atomic E-state index is 4.41. The molecule has 1 N–H and O–H groups in total. The molecule has 82 valence electrons. The summed E-state index contributed by atoms with van der Waals surface area (Å²) < 4.78 is 2.28. The highest BCUT2D eigenvalue weighted by Gasteiger charge is 2.24. The zero-order valence-electron chi connectivity index (χ0n) is 9.02. The zero-order valence-corrected chi connectivity index (χ0v) is 9.02. The van der Waals surface area contributed by atoms with Crippen molar-refractivity contribution in [3.63, 3.8) is 0 Å². The van der Waals surface area contributed by atoms with Gasteiger partial charge in [-0.1, -0.05) is 0 Å². The molecule has 1 saturated heterocycles. The van der Waals surface area contributed by atoms with Crippen LogP contribution in [-0.4, -0.2) is 40.1 Å². The van der Waals surface area contributed by atoms with Crippen LogP contribution in [0.15, 0.2) is 12.4 Å². The molecule has 1 fully saturated rings. The fourth-order valence-electron chi connectivity index (χ4n) is 2.68. The number of nitrogens with zero attached hydrogens (tertiary/aromatic N) is 3. The van der Waals surface area contributed by atoms with Gasteiger partial charge in [-0.05, 0) is 25.9 Å². The Morgan fingerprint density at radius 1 is 1.27 bits per heavy atom. The first-order valence-corrected chi connectivity index (χ1v) is 5.88. The van der Waals surface area contributed by atoms with E-state index < -0.39 is 0 Å². The van der Waals surface area contributed by atoms with Crippen molar-refractivity contribution in [3.8, 4) is 0 Å². The second kappa shape index (κ2) is 3.94. The third kappa shape index (κ3) is 1.79. The predicted octanol–water partition coefficient (Wildman–Crippen LogP) is 0.451. The molecule has 4 nitrogen and oxygen atoms in total. The fourth-order valence-corrected chi connectivity index (χ4v) is 2.68. The number of hydrogen-bond donors (Lipinski definition) is 1. The van der Waals surface area contributed by atoms with Crippen LogP contribution in [0.2, 0.25) is 0 Å². The van der Waals surface area contributed by atoms with Gasteiger partial charge in [0.25, 0.3) is 0 Å². The number of fused-ring (bicyclic) bond motifs is 1. The first-order valence-electron chi connectivity index (χ1n) is 5.88. The summed E-state index contributed by atoms with van der Waals surface area (Å²) in [6, 6.07) is 0.775. The number of imidazole rings is 1. The minimum atomic E-state index is 0.775. The van der Waals surface area contributed by atoms with E-state index in [1.54, 1.807) is 0 Å². The highest BCUT2D eigenvalue weighted by molar-refractivity contribution is 4.97. The van der Waals surface area contributed by atoms with Gasteiger partial charge in [-0.3, -0.25) is 4.90 Å². The lowest BCUT2D eigenvalue weighted by Crippen LogP contribution is -2.46. The molecule has 4 heteroatoms. The standard InChI is InChI=1S/C11H18N4/c1-3-12-4-2-10(1)15-8-7-14-6-5-13-11(14)9-15/h5-6,10,12H,1-4,7-9H2. The van der Waals surface area contributed by atoms with Gasteiger partial charge in [-0.25, -0.2) is 4.98 Å². The molecule has 0 saturated carbocycles. The van der Waals surface area contributed by atoms with Crippen molar-refractivity contribution >= 4 is 0 Å². The van der Waals surface area contributed by atoms with E-state index >= 15 is 0 Å². The van der Waals surface area contributed by atoms with Gasteiger partial charge in [0.15, 0.2) is 0 Å². The second-order valence-corrected chi connectivity index (χ2v) is 4.49. The molecule has 0 atom stereocenters. The third-order valence-electron chi connectivity index (χ3n) is 3.60. The average molecular weight is 206 g/mol. The minimum Gasteiger partial charge on any atom is -0.333 e. The molecule has 0 amide bonds. The topological polar surface area (TPSA) is 33.1 Å². The third-order valence-corrected chi connectivity index (χ3v) is 3.60. The van der Waals surface area contributed by atoms with Gasteiger partial charge in [-0.15, -0.1) is 0 Å². The van der Waals surface area contributed by atoms with Crippen molar-refractivity contribution in [3.05, 3.63) is 18.2 Å². The van der Waals surface area contributed by atoms with Crippen LogP contribution in [0.3, 0.4) is 0 Å². The number of piperidine rings is 1. The van der Waals surface area contributed by atoms with Gasteiger partial charge >= 0.3 is 0 Å². The highest BCUT2D eigenvalue weighted by atomic mass is 15.3. The van der Waals surface area contributed by atoms with E-state index in [9.17, 15) is 0 Å². The van der Waals surface area contributed by atoms with Crippen LogP contribution in [-0.2, 0) is 13.1 Å². The van der Waals surface area contributed by atoms with Crippen molar-refractivity contribution in [2.24, 2.45) is 0 Å². The van der Waals surface area contributed by atoms with Crippen molar-refractivity contribution in [1.82, 2.24) is 19.8 Å². The summed E-state index contributed by atoms with van der Waals surface area (Å²) in [6.07, 6.45) is 6.60. The highest BCUT2D eigenvalue weighted by Crippen LogP contribution is 2.18. The molecular weight excluding hydrogens is 188 g/mol. The van der Waals surface area contributed by atoms with Gasteiger partial charge in [0, 0.05) is 31.5 Å². The first kappa shape index (κ1) is 9.36. The number of aromatic nitrogens is 2. The Balaban J connectivity index is 1.69. The van der Waals surface area contributed by atoms with E-state index in [0.29, 0.717) is 0 Å². The summed E-state index contributed by atoms with van der Waals surface area (Å²) in [7, 11) is 0. The van der Waals surface area contributed by atoms with E-state index in [1.165, 1.54) is 38.3 Å². The summed E-state index contributed by atoms with van der Waals surface area (Å²) in [4.78, 5) is 7.01. The zero-order chi connectivity index (χ0) is 10.1. The summed E-state index contributed by atoms with van der Waals surface area (Å²) in [5.41, 5.74) is 0. The maximum atomic E-state index is 4.41. The number of nitrogens with one attached hydrogen (secondary N) is 1. The average Bonchev–Trinajstić information content (AvgIpc) is 2.77. The quantitative estimate of drug-likeness (QED) is 0.724. The van der Waals surface area contributed by atoms with Crippen LogP contribution in [0.1, 0.15) is 18.7 Å². The maximum Gasteiger partial charge on any atom is 0.122 e. The number of hydrogen-bond acceptors (Lipinski definition) is 3. The summed E-state index contributed by atoms with van der Waals surface area (Å²) >= 11 is 0. The van der Waals surface area contributed by atoms with Crippen molar-refractivity contribution in [1.29, 1.82) is 0 Å². The van der Waals surface area contributed by atoms with E-state index in [1.807, 2.05) is 6.20 Å². The van der Waals surface area contributed by atoms with E-state index in [0.717, 1.165) is 19.1 Å². The summed E-state index contributed by atoms with van der Waals surface area (Å²) in [5, 5.41) is 3.42. The lowest BCUT2D eigenvalue weighted by molar-refractivity contribution is 0.126. The van der Waals surface area contributed by atoms with Crippen molar-refractivity contribution in [2.45, 2.75) is 32.0 Å². The fraction of sp³-hybridized carbons (Fsp3) is 0.727. The van der Waals surface area contributed by atoms with E-state index in [2.05, 4.69) is 26.0 Å². The van der Waals surface area contributed by atoms with E-state index in [-0.39, 0.29) is 0 Å². The lowest BCUT2D eigenvalue weighted by Gasteiger charge is -2.37. The Labute approximate surface area is 90.3 Å². The number of rotatable bonds is 1. The molecule has 1 aromatic heterocycles. The van der Waals surface area contributed by atoms with Gasteiger partial charge in [0.2, 0.25) is 0 Å². The van der Waals surface area contributed by atoms with Crippen LogP contribution >= 0.6 is 0 Å². The molecule has 1 aromatic rings. The molecule has 0 aromatic carbocycles. The van der Waals surface area contributed by atoms with Crippen LogP contribution in [0.5, 0.6) is 0 Å². The molecule has 3 rings (SSSR count). The molecule has 15 heavy (non-hydrogen) atoms. The minimum absolute atomic E-state index is 0.775. The van der Waals surface area contributed by atoms with Gasteiger partial charge < -0.3 is 9.88 Å². The van der Waals surface area contributed by atoms with E-state index in [4.69, 9.17) is 0 Å².